The van der Waals surface area contributed by atoms with Gasteiger partial charge in [-0.25, -0.2) is 20.2 Å². The molecule has 3 N–H and O–H groups in total. The van der Waals surface area contributed by atoms with E-state index in [2.05, 4.69) is 31.3 Å². The first-order chi connectivity index (χ1) is 8.60. The van der Waals surface area contributed by atoms with E-state index in [4.69, 9.17) is 10.6 Å². The van der Waals surface area contributed by atoms with E-state index >= 15 is 0 Å². The van der Waals surface area contributed by atoms with Gasteiger partial charge in [0.1, 0.15) is 12.1 Å². The van der Waals surface area contributed by atoms with Crippen molar-refractivity contribution in [3.63, 3.8) is 0 Å². The summed E-state index contributed by atoms with van der Waals surface area (Å²) >= 11 is 3.04. The Morgan fingerprint density at radius 3 is 2.72 bits per heavy atom. The SMILES string of the molecule is NNc1cc(Oc2cc(Br)cc(F)c2F)ncn1. The summed E-state index contributed by atoms with van der Waals surface area (Å²) in [5.41, 5.74) is 2.28. The number of nitrogens with zero attached hydrogens (tertiary/aromatic N) is 2. The second kappa shape index (κ2) is 5.23. The van der Waals surface area contributed by atoms with Gasteiger partial charge in [-0.15, -0.1) is 0 Å². The van der Waals surface area contributed by atoms with Crippen LogP contribution in [0.2, 0.25) is 0 Å². The smallest absolute Gasteiger partial charge is 0.224 e. The number of rotatable bonds is 3. The average Bonchev–Trinajstić information content (AvgIpc) is 2.35. The molecule has 2 aromatic rings. The standard InChI is InChI=1S/C10H7BrF2N4O/c11-5-1-6(12)10(13)7(2-5)18-9-3-8(17-14)15-4-16-9/h1-4H,14H2,(H,15,16,17). The second-order valence-corrected chi connectivity index (χ2v) is 4.10. The molecule has 0 atom stereocenters. The first kappa shape index (κ1) is 12.7. The van der Waals surface area contributed by atoms with Gasteiger partial charge in [0.15, 0.2) is 11.6 Å². The molecule has 8 heteroatoms. The fourth-order valence-corrected chi connectivity index (χ4v) is 1.60. The quantitative estimate of drug-likeness (QED) is 0.517. The highest BCUT2D eigenvalue weighted by molar-refractivity contribution is 9.10. The van der Waals surface area contributed by atoms with Gasteiger partial charge in [0, 0.05) is 10.5 Å². The molecule has 1 aromatic carbocycles. The number of hydrogen-bond donors (Lipinski definition) is 2. The number of aromatic nitrogens is 2. The fraction of sp³-hybridized carbons (Fsp3) is 0. The van der Waals surface area contributed by atoms with Crippen molar-refractivity contribution in [2.75, 3.05) is 5.43 Å². The van der Waals surface area contributed by atoms with Crippen LogP contribution in [0.3, 0.4) is 0 Å². The Morgan fingerprint density at radius 2 is 2.00 bits per heavy atom. The molecule has 5 nitrogen and oxygen atoms in total. The molecule has 0 aliphatic rings. The van der Waals surface area contributed by atoms with Crippen LogP contribution in [0.5, 0.6) is 11.6 Å². The lowest BCUT2D eigenvalue weighted by molar-refractivity contribution is 0.404. The van der Waals surface area contributed by atoms with Gasteiger partial charge in [-0.2, -0.15) is 4.39 Å². The number of benzene rings is 1. The van der Waals surface area contributed by atoms with Gasteiger partial charge in [0.05, 0.1) is 0 Å². The summed E-state index contributed by atoms with van der Waals surface area (Å²) in [5, 5.41) is 0. The Kier molecular flexibility index (Phi) is 3.68. The zero-order chi connectivity index (χ0) is 13.1. The third-order valence-corrected chi connectivity index (χ3v) is 2.42. The largest absolute Gasteiger partial charge is 0.436 e. The predicted octanol–water partition coefficient (Wildman–Crippen LogP) is 2.60. The Morgan fingerprint density at radius 1 is 1.22 bits per heavy atom. The van der Waals surface area contributed by atoms with Crippen molar-refractivity contribution in [2.45, 2.75) is 0 Å². The predicted molar refractivity (Wildman–Crippen MR) is 64.0 cm³/mol. The minimum absolute atomic E-state index is 0.0364. The Balaban J connectivity index is 2.33. The van der Waals surface area contributed by atoms with Crippen molar-refractivity contribution in [2.24, 2.45) is 5.84 Å². The van der Waals surface area contributed by atoms with Crippen LogP contribution in [0.4, 0.5) is 14.6 Å². The molecule has 1 heterocycles. The maximum Gasteiger partial charge on any atom is 0.224 e. The zero-order valence-corrected chi connectivity index (χ0v) is 10.4. The molecule has 0 saturated heterocycles. The van der Waals surface area contributed by atoms with Gasteiger partial charge < -0.3 is 10.2 Å². The minimum atomic E-state index is -1.10. The number of nitrogens with two attached hydrogens (primary N) is 1. The van der Waals surface area contributed by atoms with Crippen LogP contribution < -0.4 is 16.0 Å². The van der Waals surface area contributed by atoms with Crippen LogP contribution in [0, 0.1) is 11.6 Å². The van der Waals surface area contributed by atoms with E-state index in [1.807, 2.05) is 0 Å². The molecule has 94 valence electrons. The molecule has 0 saturated carbocycles. The van der Waals surface area contributed by atoms with E-state index < -0.39 is 11.6 Å². The number of hydrogen-bond acceptors (Lipinski definition) is 5. The highest BCUT2D eigenvalue weighted by Gasteiger charge is 2.13. The van der Waals surface area contributed by atoms with E-state index in [9.17, 15) is 8.78 Å². The third kappa shape index (κ3) is 2.71. The molecular weight excluding hydrogens is 310 g/mol. The Hall–Kier alpha value is -1.80. The summed E-state index contributed by atoms with van der Waals surface area (Å²) in [6.45, 7) is 0. The van der Waals surface area contributed by atoms with Crippen LogP contribution in [-0.2, 0) is 0 Å². The van der Waals surface area contributed by atoms with Crippen LogP contribution in [0.1, 0.15) is 0 Å². The van der Waals surface area contributed by atoms with Crippen LogP contribution >= 0.6 is 15.9 Å². The van der Waals surface area contributed by atoms with Gasteiger partial charge in [-0.1, -0.05) is 15.9 Å². The van der Waals surface area contributed by atoms with Gasteiger partial charge in [0.25, 0.3) is 0 Å². The van der Waals surface area contributed by atoms with Gasteiger partial charge in [-0.05, 0) is 12.1 Å². The van der Waals surface area contributed by atoms with Crippen molar-refractivity contribution >= 4 is 21.7 Å². The summed E-state index contributed by atoms with van der Waals surface area (Å²) in [7, 11) is 0. The molecule has 0 unspecified atom stereocenters. The maximum atomic E-state index is 13.4. The number of halogens is 3. The van der Waals surface area contributed by atoms with E-state index in [0.29, 0.717) is 4.47 Å². The van der Waals surface area contributed by atoms with Gasteiger partial charge >= 0.3 is 0 Å². The molecule has 18 heavy (non-hydrogen) atoms. The highest BCUT2D eigenvalue weighted by atomic mass is 79.9. The van der Waals surface area contributed by atoms with E-state index in [-0.39, 0.29) is 17.4 Å². The molecule has 2 rings (SSSR count). The molecular formula is C10H7BrF2N4O. The van der Waals surface area contributed by atoms with Crippen LogP contribution in [0.15, 0.2) is 29.0 Å². The number of anilines is 1. The van der Waals surface area contributed by atoms with E-state index in [1.165, 1.54) is 18.5 Å². The monoisotopic (exact) mass is 316 g/mol. The van der Waals surface area contributed by atoms with Gasteiger partial charge in [0.2, 0.25) is 11.7 Å². The normalized spacial score (nSPS) is 10.2. The summed E-state index contributed by atoms with van der Waals surface area (Å²) in [4.78, 5) is 7.50. The van der Waals surface area contributed by atoms with E-state index in [1.54, 1.807) is 0 Å². The third-order valence-electron chi connectivity index (χ3n) is 1.96. The van der Waals surface area contributed by atoms with Crippen molar-refractivity contribution in [1.82, 2.24) is 9.97 Å². The molecule has 0 bridgehead atoms. The highest BCUT2D eigenvalue weighted by Crippen LogP contribution is 2.29. The minimum Gasteiger partial charge on any atom is -0.436 e. The maximum absolute atomic E-state index is 13.4. The molecule has 0 spiro atoms. The molecule has 0 fully saturated rings. The molecule has 0 aliphatic carbocycles. The first-order valence-electron chi connectivity index (χ1n) is 4.71. The van der Waals surface area contributed by atoms with Gasteiger partial charge in [-0.3, -0.25) is 0 Å². The molecule has 0 radical (unpaired) electrons. The Labute approximate surface area is 109 Å². The molecule has 1 aromatic heterocycles. The Bertz CT molecular complexity index is 582. The number of nitrogen functional groups attached to an aromatic ring is 1. The van der Waals surface area contributed by atoms with Crippen molar-refractivity contribution in [1.29, 1.82) is 0 Å². The van der Waals surface area contributed by atoms with Crippen LogP contribution in [0.25, 0.3) is 0 Å². The second-order valence-electron chi connectivity index (χ2n) is 3.19. The summed E-state index contributed by atoms with van der Waals surface area (Å²) in [6.07, 6.45) is 1.18. The number of ether oxygens (including phenoxy) is 1. The summed E-state index contributed by atoms with van der Waals surface area (Å²) in [5.74, 6) is 3.07. The average molecular weight is 317 g/mol. The molecule has 0 aliphatic heterocycles. The molecule has 0 amide bonds. The lowest BCUT2D eigenvalue weighted by Gasteiger charge is -2.07. The summed E-state index contributed by atoms with van der Waals surface area (Å²) in [6, 6.07) is 3.63. The first-order valence-corrected chi connectivity index (χ1v) is 5.50. The van der Waals surface area contributed by atoms with Crippen molar-refractivity contribution < 1.29 is 13.5 Å². The lowest BCUT2D eigenvalue weighted by Crippen LogP contribution is -2.08. The van der Waals surface area contributed by atoms with E-state index in [0.717, 1.165) is 6.07 Å². The topological polar surface area (TPSA) is 73.1 Å². The zero-order valence-electron chi connectivity index (χ0n) is 8.82. The number of hydrazine groups is 1. The van der Waals surface area contributed by atoms with Crippen molar-refractivity contribution in [3.05, 3.63) is 40.6 Å². The van der Waals surface area contributed by atoms with Crippen LogP contribution in [-0.4, -0.2) is 9.97 Å². The lowest BCUT2D eigenvalue weighted by atomic mass is 10.3. The van der Waals surface area contributed by atoms with Crippen molar-refractivity contribution in [3.8, 4) is 11.6 Å². The summed E-state index contributed by atoms with van der Waals surface area (Å²) < 4.78 is 32.1. The fourth-order valence-electron chi connectivity index (χ4n) is 1.19. The number of nitrogens with one attached hydrogen (secondary N) is 1.